The van der Waals surface area contributed by atoms with Crippen LogP contribution >= 0.6 is 22.9 Å². The number of hydrogen-bond donors (Lipinski definition) is 2. The van der Waals surface area contributed by atoms with Gasteiger partial charge in [-0.05, 0) is 36.1 Å². The van der Waals surface area contributed by atoms with Gasteiger partial charge in [-0.25, -0.2) is 0 Å². The predicted molar refractivity (Wildman–Crippen MR) is 88.0 cm³/mol. The summed E-state index contributed by atoms with van der Waals surface area (Å²) in [5.41, 5.74) is 10.8. The number of halogens is 1. The lowest BCUT2D eigenvalue weighted by Gasteiger charge is -2.10. The summed E-state index contributed by atoms with van der Waals surface area (Å²) in [4.78, 5) is 0. The fourth-order valence-corrected chi connectivity index (χ4v) is 3.33. The molecule has 21 heavy (non-hydrogen) atoms. The standard InChI is InChI=1S/C15H14ClN3OS/c1-8-6-21-7-11(8)14-13(15(17)19-18-14)10-5-9(16)3-4-12(10)20-2/h3-7H,1-2H3,(H3,17,18,19). The maximum absolute atomic E-state index is 6.13. The fraction of sp³-hybridized carbons (Fsp3) is 0.133. The summed E-state index contributed by atoms with van der Waals surface area (Å²) < 4.78 is 5.43. The number of nitrogens with two attached hydrogens (primary N) is 1. The molecule has 0 bridgehead atoms. The van der Waals surface area contributed by atoms with Crippen LogP contribution in [0, 0.1) is 6.92 Å². The average molecular weight is 320 g/mol. The van der Waals surface area contributed by atoms with E-state index in [0.717, 1.165) is 22.4 Å². The summed E-state index contributed by atoms with van der Waals surface area (Å²) in [6.45, 7) is 2.06. The van der Waals surface area contributed by atoms with Crippen molar-refractivity contribution >= 4 is 28.8 Å². The molecular weight excluding hydrogens is 306 g/mol. The number of anilines is 1. The number of thiophene rings is 1. The van der Waals surface area contributed by atoms with Crippen LogP contribution in [-0.2, 0) is 0 Å². The van der Waals surface area contributed by atoms with Crippen molar-refractivity contribution in [3.8, 4) is 28.1 Å². The summed E-state index contributed by atoms with van der Waals surface area (Å²) >= 11 is 7.77. The minimum Gasteiger partial charge on any atom is -0.496 e. The van der Waals surface area contributed by atoms with E-state index in [2.05, 4.69) is 27.9 Å². The number of rotatable bonds is 3. The molecule has 0 aliphatic rings. The van der Waals surface area contributed by atoms with Gasteiger partial charge >= 0.3 is 0 Å². The first-order chi connectivity index (χ1) is 10.1. The number of aryl methyl sites for hydroxylation is 1. The second kappa shape index (κ2) is 5.42. The molecule has 3 N–H and O–H groups in total. The van der Waals surface area contributed by atoms with Crippen molar-refractivity contribution in [2.45, 2.75) is 6.92 Å². The number of nitrogens with zero attached hydrogens (tertiary/aromatic N) is 1. The SMILES string of the molecule is COc1ccc(Cl)cc1-c1c(N)n[nH]c1-c1cscc1C. The molecule has 3 aromatic rings. The Morgan fingerprint density at radius 3 is 2.76 bits per heavy atom. The number of nitrogen functional groups attached to an aromatic ring is 1. The molecule has 0 atom stereocenters. The van der Waals surface area contributed by atoms with E-state index in [4.69, 9.17) is 22.1 Å². The van der Waals surface area contributed by atoms with Crippen molar-refractivity contribution in [1.29, 1.82) is 0 Å². The van der Waals surface area contributed by atoms with Crippen molar-refractivity contribution in [3.05, 3.63) is 39.5 Å². The quantitative estimate of drug-likeness (QED) is 0.754. The zero-order valence-electron chi connectivity index (χ0n) is 11.6. The lowest BCUT2D eigenvalue weighted by Crippen LogP contribution is -1.93. The third-order valence-electron chi connectivity index (χ3n) is 3.35. The zero-order valence-corrected chi connectivity index (χ0v) is 13.2. The summed E-state index contributed by atoms with van der Waals surface area (Å²) in [5.74, 6) is 1.14. The second-order valence-electron chi connectivity index (χ2n) is 4.67. The molecule has 4 nitrogen and oxygen atoms in total. The van der Waals surface area contributed by atoms with Gasteiger partial charge in [0.1, 0.15) is 5.75 Å². The number of aromatic nitrogens is 2. The molecule has 6 heteroatoms. The third kappa shape index (κ3) is 2.39. The van der Waals surface area contributed by atoms with E-state index in [-0.39, 0.29) is 0 Å². The number of benzene rings is 1. The lowest BCUT2D eigenvalue weighted by molar-refractivity contribution is 0.416. The molecule has 0 saturated heterocycles. The molecule has 0 fully saturated rings. The number of nitrogens with one attached hydrogen (secondary N) is 1. The normalized spacial score (nSPS) is 10.8. The Bertz CT molecular complexity index is 794. The summed E-state index contributed by atoms with van der Waals surface area (Å²) in [6.07, 6.45) is 0. The molecule has 0 unspecified atom stereocenters. The van der Waals surface area contributed by atoms with E-state index in [1.54, 1.807) is 24.5 Å². The van der Waals surface area contributed by atoms with Gasteiger partial charge in [-0.2, -0.15) is 16.4 Å². The Hall–Kier alpha value is -1.98. The minimum atomic E-state index is 0.427. The zero-order chi connectivity index (χ0) is 15.0. The van der Waals surface area contributed by atoms with Crippen molar-refractivity contribution < 1.29 is 4.74 Å². The maximum atomic E-state index is 6.13. The molecule has 3 rings (SSSR count). The van der Waals surface area contributed by atoms with Crippen LogP contribution < -0.4 is 10.5 Å². The monoisotopic (exact) mass is 319 g/mol. The Morgan fingerprint density at radius 2 is 2.10 bits per heavy atom. The predicted octanol–water partition coefficient (Wildman–Crippen LogP) is 4.36. The molecule has 0 saturated carbocycles. The topological polar surface area (TPSA) is 63.9 Å². The van der Waals surface area contributed by atoms with Crippen molar-refractivity contribution in [2.75, 3.05) is 12.8 Å². The Labute approximate surface area is 131 Å². The number of aromatic amines is 1. The highest BCUT2D eigenvalue weighted by Gasteiger charge is 2.20. The van der Waals surface area contributed by atoms with Crippen LogP contribution in [0.2, 0.25) is 5.02 Å². The van der Waals surface area contributed by atoms with Crippen molar-refractivity contribution in [3.63, 3.8) is 0 Å². The summed E-state index contributed by atoms with van der Waals surface area (Å²) in [7, 11) is 1.62. The average Bonchev–Trinajstić information content (AvgIpc) is 3.04. The number of ether oxygens (including phenoxy) is 1. The second-order valence-corrected chi connectivity index (χ2v) is 5.85. The van der Waals surface area contributed by atoms with E-state index >= 15 is 0 Å². The van der Waals surface area contributed by atoms with Gasteiger partial charge in [0.25, 0.3) is 0 Å². The molecule has 1 aromatic carbocycles. The van der Waals surface area contributed by atoms with Gasteiger partial charge in [0.2, 0.25) is 0 Å². The molecule has 0 aliphatic carbocycles. The van der Waals surface area contributed by atoms with Gasteiger partial charge in [0, 0.05) is 21.5 Å². The van der Waals surface area contributed by atoms with Crippen LogP contribution in [0.4, 0.5) is 5.82 Å². The molecule has 0 spiro atoms. The van der Waals surface area contributed by atoms with Crippen LogP contribution in [0.3, 0.4) is 0 Å². The van der Waals surface area contributed by atoms with Crippen molar-refractivity contribution in [2.24, 2.45) is 0 Å². The van der Waals surface area contributed by atoms with Gasteiger partial charge in [-0.15, -0.1) is 0 Å². The van der Waals surface area contributed by atoms with Crippen LogP contribution in [0.5, 0.6) is 5.75 Å². The maximum Gasteiger partial charge on any atom is 0.153 e. The molecule has 0 aliphatic heterocycles. The molecule has 2 aromatic heterocycles. The molecule has 2 heterocycles. The first kappa shape index (κ1) is 14.0. The minimum absolute atomic E-state index is 0.427. The highest BCUT2D eigenvalue weighted by atomic mass is 35.5. The Balaban J connectivity index is 2.27. The summed E-state index contributed by atoms with van der Waals surface area (Å²) in [5, 5.41) is 12.0. The van der Waals surface area contributed by atoms with Crippen molar-refractivity contribution in [1.82, 2.24) is 10.2 Å². The number of methoxy groups -OCH3 is 1. The smallest absolute Gasteiger partial charge is 0.153 e. The Morgan fingerprint density at radius 1 is 1.29 bits per heavy atom. The largest absolute Gasteiger partial charge is 0.496 e. The van der Waals surface area contributed by atoms with Crippen LogP contribution in [0.25, 0.3) is 22.4 Å². The van der Waals surface area contributed by atoms with Crippen LogP contribution in [-0.4, -0.2) is 17.3 Å². The van der Waals surface area contributed by atoms with E-state index in [9.17, 15) is 0 Å². The van der Waals surface area contributed by atoms with Gasteiger partial charge in [-0.1, -0.05) is 11.6 Å². The highest BCUT2D eigenvalue weighted by Crippen LogP contribution is 2.42. The van der Waals surface area contributed by atoms with E-state index in [1.807, 2.05) is 12.1 Å². The number of H-pyrrole nitrogens is 1. The fourth-order valence-electron chi connectivity index (χ4n) is 2.32. The first-order valence-electron chi connectivity index (χ1n) is 6.32. The van der Waals surface area contributed by atoms with E-state index < -0.39 is 0 Å². The third-order valence-corrected chi connectivity index (χ3v) is 4.45. The molecule has 0 radical (unpaired) electrons. The Kier molecular flexibility index (Phi) is 3.61. The first-order valence-corrected chi connectivity index (χ1v) is 7.64. The van der Waals surface area contributed by atoms with Gasteiger partial charge in [-0.3, -0.25) is 5.10 Å². The van der Waals surface area contributed by atoms with Gasteiger partial charge in [0.15, 0.2) is 5.82 Å². The van der Waals surface area contributed by atoms with Gasteiger partial charge in [0.05, 0.1) is 18.4 Å². The number of hydrogen-bond acceptors (Lipinski definition) is 4. The van der Waals surface area contributed by atoms with E-state index in [0.29, 0.717) is 16.6 Å². The molecule has 108 valence electrons. The highest BCUT2D eigenvalue weighted by molar-refractivity contribution is 7.08. The van der Waals surface area contributed by atoms with E-state index in [1.165, 1.54) is 5.56 Å². The lowest BCUT2D eigenvalue weighted by atomic mass is 10.00. The molecular formula is C15H14ClN3OS. The molecule has 0 amide bonds. The van der Waals surface area contributed by atoms with Crippen LogP contribution in [0.1, 0.15) is 5.56 Å². The van der Waals surface area contributed by atoms with Crippen LogP contribution in [0.15, 0.2) is 29.0 Å². The van der Waals surface area contributed by atoms with Gasteiger partial charge < -0.3 is 10.5 Å². The summed E-state index contributed by atoms with van der Waals surface area (Å²) in [6, 6.07) is 5.46.